The third kappa shape index (κ3) is 1.46. The van der Waals surface area contributed by atoms with Gasteiger partial charge in [0.15, 0.2) is 0 Å². The second-order valence-corrected chi connectivity index (χ2v) is 2.02. The van der Waals surface area contributed by atoms with E-state index in [1.807, 2.05) is 0 Å². The van der Waals surface area contributed by atoms with Crippen LogP contribution in [-0.4, -0.2) is 15.4 Å². The summed E-state index contributed by atoms with van der Waals surface area (Å²) in [7, 11) is 0. The molecule has 0 aliphatic heterocycles. The number of aromatic nitrogens is 2. The lowest BCUT2D eigenvalue weighted by Gasteiger charge is -1.78. The number of rotatable bonds is 2. The Labute approximate surface area is 66.1 Å². The quantitative estimate of drug-likeness (QED) is 0.507. The summed E-state index contributed by atoms with van der Waals surface area (Å²) in [6.45, 7) is 0. The maximum atomic E-state index is 10.3. The van der Waals surface area contributed by atoms with Gasteiger partial charge in [0.1, 0.15) is 5.88 Å². The normalized spacial score (nSPS) is 9.80. The zero-order chi connectivity index (χ0) is 7.56. The van der Waals surface area contributed by atoms with E-state index in [0.717, 1.165) is 0 Å². The topological polar surface area (TPSA) is 56.0 Å². The predicted molar refractivity (Wildman–Crippen MR) is 34.0 cm³/mol. The van der Waals surface area contributed by atoms with Crippen molar-refractivity contribution in [2.75, 3.05) is 0 Å². The van der Waals surface area contributed by atoms with E-state index >= 15 is 0 Å². The van der Waals surface area contributed by atoms with Crippen molar-refractivity contribution in [1.82, 2.24) is 10.2 Å². The molecule has 0 amide bonds. The van der Waals surface area contributed by atoms with Crippen molar-refractivity contribution in [3.05, 3.63) is 11.8 Å². The van der Waals surface area contributed by atoms with Crippen LogP contribution >= 0.6 is 23.2 Å². The lowest BCUT2D eigenvalue weighted by Crippen LogP contribution is -1.86. The average molecular weight is 181 g/mol. The van der Waals surface area contributed by atoms with Gasteiger partial charge in [0.05, 0.1) is 0 Å². The summed E-state index contributed by atoms with van der Waals surface area (Å²) in [5.41, 5.74) is 0. The summed E-state index contributed by atoms with van der Waals surface area (Å²) >= 11 is 10.3. The molecule has 0 aliphatic carbocycles. The van der Waals surface area contributed by atoms with Gasteiger partial charge in [0.25, 0.3) is 0 Å². The van der Waals surface area contributed by atoms with Gasteiger partial charge in [0.2, 0.25) is 5.89 Å². The van der Waals surface area contributed by atoms with Gasteiger partial charge in [-0.3, -0.25) is 4.79 Å². The van der Waals surface area contributed by atoms with Crippen molar-refractivity contribution >= 4 is 28.4 Å². The first-order valence-corrected chi connectivity index (χ1v) is 3.23. The minimum atomic E-state index is -0.774. The van der Waals surface area contributed by atoms with E-state index in [9.17, 15) is 4.79 Å². The smallest absolute Gasteiger partial charge is 0.309 e. The molecule has 0 unspecified atom stereocenters. The van der Waals surface area contributed by atoms with Crippen LogP contribution in [0.1, 0.15) is 16.6 Å². The first-order chi connectivity index (χ1) is 4.74. The maximum Gasteiger partial charge on any atom is 0.309 e. The summed E-state index contributed by atoms with van der Waals surface area (Å²) in [5, 5.41) is 5.93. The van der Waals surface area contributed by atoms with Crippen LogP contribution in [0, 0.1) is 0 Å². The van der Waals surface area contributed by atoms with Gasteiger partial charge in [-0.05, 0) is 11.6 Å². The minimum Gasteiger partial charge on any atom is -0.416 e. The molecule has 1 aromatic heterocycles. The highest BCUT2D eigenvalue weighted by molar-refractivity contribution is 6.67. The molecule has 1 aromatic rings. The van der Waals surface area contributed by atoms with Gasteiger partial charge >= 0.3 is 11.1 Å². The molecule has 0 fully saturated rings. The number of halogens is 2. The molecule has 0 aliphatic rings. The minimum absolute atomic E-state index is 0.0805. The standard InChI is InChI=1S/C4H2Cl2N2O2/c5-1-2-7-8-4(10-2)3(6)9/h1H2. The molecule has 0 saturated heterocycles. The first-order valence-electron chi connectivity index (χ1n) is 2.32. The van der Waals surface area contributed by atoms with Crippen LogP contribution < -0.4 is 0 Å². The van der Waals surface area contributed by atoms with Crippen molar-refractivity contribution in [3.8, 4) is 0 Å². The highest BCUT2D eigenvalue weighted by Crippen LogP contribution is 2.04. The van der Waals surface area contributed by atoms with Gasteiger partial charge in [-0.15, -0.1) is 21.8 Å². The zero-order valence-corrected chi connectivity index (χ0v) is 6.19. The largest absolute Gasteiger partial charge is 0.416 e. The predicted octanol–water partition coefficient (Wildman–Crippen LogP) is 1.19. The van der Waals surface area contributed by atoms with Crippen molar-refractivity contribution < 1.29 is 9.21 Å². The van der Waals surface area contributed by atoms with Crippen LogP contribution in [0.5, 0.6) is 0 Å². The maximum absolute atomic E-state index is 10.3. The molecule has 0 aromatic carbocycles. The van der Waals surface area contributed by atoms with Crippen molar-refractivity contribution in [2.24, 2.45) is 0 Å². The van der Waals surface area contributed by atoms with Crippen molar-refractivity contribution in [3.63, 3.8) is 0 Å². The van der Waals surface area contributed by atoms with Gasteiger partial charge in [-0.2, -0.15) is 0 Å². The molecule has 0 atom stereocenters. The van der Waals surface area contributed by atoms with Crippen LogP contribution in [0.15, 0.2) is 4.42 Å². The van der Waals surface area contributed by atoms with Gasteiger partial charge in [-0.1, -0.05) is 0 Å². The van der Waals surface area contributed by atoms with Crippen LogP contribution in [-0.2, 0) is 5.88 Å². The molecule has 1 rings (SSSR count). The zero-order valence-electron chi connectivity index (χ0n) is 4.67. The summed E-state index contributed by atoms with van der Waals surface area (Å²) in [6, 6.07) is 0. The van der Waals surface area contributed by atoms with E-state index < -0.39 is 5.24 Å². The molecule has 0 radical (unpaired) electrons. The summed E-state index contributed by atoms with van der Waals surface area (Å²) in [5.74, 6) is 0.0416. The number of hydrogen-bond donors (Lipinski definition) is 0. The molecule has 0 N–H and O–H groups in total. The van der Waals surface area contributed by atoms with E-state index in [1.165, 1.54) is 0 Å². The number of carbonyl (C=O) groups is 1. The van der Waals surface area contributed by atoms with E-state index in [4.69, 9.17) is 23.2 Å². The number of carbonyl (C=O) groups excluding carboxylic acids is 1. The van der Waals surface area contributed by atoms with E-state index in [0.29, 0.717) is 0 Å². The molecule has 54 valence electrons. The van der Waals surface area contributed by atoms with Gasteiger partial charge in [-0.25, -0.2) is 0 Å². The van der Waals surface area contributed by atoms with Crippen LogP contribution in [0.25, 0.3) is 0 Å². The Hall–Kier alpha value is -0.610. The van der Waals surface area contributed by atoms with E-state index in [1.54, 1.807) is 0 Å². The van der Waals surface area contributed by atoms with E-state index in [-0.39, 0.29) is 17.7 Å². The Morgan fingerprint density at radius 1 is 1.60 bits per heavy atom. The molecular weight excluding hydrogens is 179 g/mol. The fraction of sp³-hybridized carbons (Fsp3) is 0.250. The summed E-state index contributed by atoms with van der Waals surface area (Å²) < 4.78 is 4.66. The van der Waals surface area contributed by atoms with Crippen LogP contribution in [0.3, 0.4) is 0 Å². The van der Waals surface area contributed by atoms with Crippen LogP contribution in [0.2, 0.25) is 0 Å². The van der Waals surface area contributed by atoms with Crippen LogP contribution in [0.4, 0.5) is 0 Å². The summed E-state index contributed by atoms with van der Waals surface area (Å²) in [6.07, 6.45) is 0. The first kappa shape index (κ1) is 7.50. The van der Waals surface area contributed by atoms with Crippen molar-refractivity contribution in [1.29, 1.82) is 0 Å². The highest BCUT2D eigenvalue weighted by atomic mass is 35.5. The lowest BCUT2D eigenvalue weighted by molar-refractivity contribution is 0.105. The lowest BCUT2D eigenvalue weighted by atomic mass is 10.7. The molecule has 0 saturated carbocycles. The van der Waals surface area contributed by atoms with Crippen molar-refractivity contribution in [2.45, 2.75) is 5.88 Å². The average Bonchev–Trinajstić information content (AvgIpc) is 2.34. The number of alkyl halides is 1. The SMILES string of the molecule is O=C(Cl)c1nnc(CCl)o1. The highest BCUT2D eigenvalue weighted by Gasteiger charge is 2.10. The molecule has 10 heavy (non-hydrogen) atoms. The van der Waals surface area contributed by atoms with E-state index in [2.05, 4.69) is 14.6 Å². The number of nitrogens with zero attached hydrogens (tertiary/aromatic N) is 2. The molecule has 0 bridgehead atoms. The second-order valence-electron chi connectivity index (χ2n) is 1.41. The third-order valence-corrected chi connectivity index (χ3v) is 1.14. The molecule has 4 nitrogen and oxygen atoms in total. The molecule has 0 spiro atoms. The third-order valence-electron chi connectivity index (χ3n) is 0.749. The van der Waals surface area contributed by atoms with Gasteiger partial charge < -0.3 is 4.42 Å². The molecule has 6 heteroatoms. The Kier molecular flexibility index (Phi) is 2.24. The summed E-state index contributed by atoms with van der Waals surface area (Å²) in [4.78, 5) is 10.3. The second kappa shape index (κ2) is 2.98. The molecular formula is C4H2Cl2N2O2. The number of hydrogen-bond acceptors (Lipinski definition) is 4. The Morgan fingerprint density at radius 2 is 2.30 bits per heavy atom. The fourth-order valence-electron chi connectivity index (χ4n) is 0.387. The van der Waals surface area contributed by atoms with Gasteiger partial charge in [0, 0.05) is 0 Å². The Morgan fingerprint density at radius 3 is 2.60 bits per heavy atom. The fourth-order valence-corrected chi connectivity index (χ4v) is 0.571. The Balaban J connectivity index is 2.88. The Bertz CT molecular complexity index is 247. The monoisotopic (exact) mass is 180 g/mol. The molecule has 1 heterocycles.